The van der Waals surface area contributed by atoms with Crippen LogP contribution in [0, 0.1) is 17.1 Å². The van der Waals surface area contributed by atoms with Gasteiger partial charge in [0.1, 0.15) is 18.8 Å². The Balaban J connectivity index is 1.58. The molecule has 0 radical (unpaired) electrons. The fourth-order valence-electron chi connectivity index (χ4n) is 4.04. The Morgan fingerprint density at radius 3 is 2.54 bits per heavy atom. The number of nitriles is 1. The molecule has 37 heavy (non-hydrogen) atoms. The van der Waals surface area contributed by atoms with Crippen LogP contribution in [0.4, 0.5) is 22.4 Å². The maximum absolute atomic E-state index is 14.3. The molecule has 196 valence electrons. The normalized spacial score (nSPS) is 18.5. The Labute approximate surface area is 221 Å². The van der Waals surface area contributed by atoms with Gasteiger partial charge in [-0.1, -0.05) is 39.7 Å². The molecule has 4 rings (SSSR count). The summed E-state index contributed by atoms with van der Waals surface area (Å²) in [6, 6.07) is 3.33. The molecule has 1 aromatic carbocycles. The Bertz CT molecular complexity index is 1320. The minimum Gasteiger partial charge on any atom is -0.399 e. The highest BCUT2D eigenvalue weighted by Crippen LogP contribution is 2.52. The summed E-state index contributed by atoms with van der Waals surface area (Å²) in [5, 5.41) is 15.7. The predicted molar refractivity (Wildman–Crippen MR) is 125 cm³/mol. The van der Waals surface area contributed by atoms with Crippen molar-refractivity contribution in [1.82, 2.24) is 10.6 Å². The molecule has 2 aromatic rings. The van der Waals surface area contributed by atoms with Crippen LogP contribution >= 0.6 is 34.5 Å². The van der Waals surface area contributed by atoms with E-state index in [0.717, 1.165) is 23.5 Å². The van der Waals surface area contributed by atoms with Gasteiger partial charge in [-0.25, -0.2) is 9.18 Å². The first-order valence-electron chi connectivity index (χ1n) is 10.7. The van der Waals surface area contributed by atoms with Gasteiger partial charge in [0.15, 0.2) is 10.9 Å². The summed E-state index contributed by atoms with van der Waals surface area (Å²) in [5.74, 6) is -1.65. The van der Waals surface area contributed by atoms with Crippen molar-refractivity contribution in [3.8, 4) is 11.1 Å². The number of benzene rings is 1. The Kier molecular flexibility index (Phi) is 7.55. The predicted octanol–water partition coefficient (Wildman–Crippen LogP) is 4.99. The lowest BCUT2D eigenvalue weighted by molar-refractivity contribution is -0.275. The average molecular weight is 579 g/mol. The molecule has 1 unspecified atom stereocenters. The number of ether oxygens (including phenoxy) is 1. The number of carbonyl (C=O) groups excluding carboxylic acids is 2. The van der Waals surface area contributed by atoms with Crippen LogP contribution in [-0.2, 0) is 28.1 Å². The van der Waals surface area contributed by atoms with Gasteiger partial charge in [-0.15, -0.1) is 0 Å². The number of halogens is 6. The van der Waals surface area contributed by atoms with E-state index in [4.69, 9.17) is 38.0 Å². The first-order valence-corrected chi connectivity index (χ1v) is 12.2. The number of thiophene rings is 1. The maximum Gasteiger partial charge on any atom is 0.435 e. The van der Waals surface area contributed by atoms with E-state index in [0.29, 0.717) is 35.3 Å². The number of rotatable bonds is 6. The molecular weight excluding hydrogens is 563 g/mol. The van der Waals surface area contributed by atoms with Gasteiger partial charge in [0.25, 0.3) is 5.60 Å². The third-order valence-electron chi connectivity index (χ3n) is 5.77. The van der Waals surface area contributed by atoms with Gasteiger partial charge in [-0.05, 0) is 37.0 Å². The van der Waals surface area contributed by atoms with Crippen LogP contribution in [0.15, 0.2) is 17.3 Å². The highest BCUT2D eigenvalue weighted by Gasteiger charge is 2.63. The molecule has 8 nitrogen and oxygen atoms in total. The van der Waals surface area contributed by atoms with Crippen molar-refractivity contribution in [1.29, 1.82) is 5.26 Å². The average Bonchev–Trinajstić information content (AvgIpc) is 3.56. The first kappa shape index (κ1) is 27.0. The molecule has 0 bridgehead atoms. The van der Waals surface area contributed by atoms with Crippen molar-refractivity contribution in [3.63, 3.8) is 0 Å². The monoisotopic (exact) mass is 578 g/mol. The van der Waals surface area contributed by atoms with Crippen LogP contribution in [0.3, 0.4) is 0 Å². The van der Waals surface area contributed by atoms with E-state index >= 15 is 0 Å². The molecular formula is C22H16Cl2F4N4O4S. The zero-order chi connectivity index (χ0) is 27.0. The number of hydrogen-bond donors (Lipinski definition) is 2. The van der Waals surface area contributed by atoms with E-state index in [1.807, 2.05) is 0 Å². The highest BCUT2D eigenvalue weighted by atomic mass is 35.5. The lowest BCUT2D eigenvalue weighted by atomic mass is 9.87. The Hall–Kier alpha value is -3.08. The van der Waals surface area contributed by atoms with Gasteiger partial charge >= 0.3 is 12.3 Å². The fraction of sp³-hybridized carbons (Fsp3) is 0.364. The van der Waals surface area contributed by atoms with Gasteiger partial charge in [-0.3, -0.25) is 4.79 Å². The van der Waals surface area contributed by atoms with Crippen molar-refractivity contribution >= 4 is 52.3 Å². The quantitative estimate of drug-likeness (QED) is 0.285. The van der Waals surface area contributed by atoms with Crippen LogP contribution < -0.4 is 15.4 Å². The second-order valence-electron chi connectivity index (χ2n) is 8.09. The molecule has 0 spiro atoms. The number of hydrogen-bond acceptors (Lipinski definition) is 7. The zero-order valence-corrected chi connectivity index (χ0v) is 20.9. The molecule has 2 aliphatic rings. The molecule has 1 aromatic heterocycles. The summed E-state index contributed by atoms with van der Waals surface area (Å²) >= 11 is 12.4. The summed E-state index contributed by atoms with van der Waals surface area (Å²) in [7, 11) is 0. The second-order valence-corrected chi connectivity index (χ2v) is 9.89. The first-order chi connectivity index (χ1) is 17.5. The van der Waals surface area contributed by atoms with Gasteiger partial charge in [0.05, 0.1) is 27.4 Å². The SMILES string of the molecule is N#CCNC(=O)CNC(=O)Oc1sc(C2=NOC(c3cc(Cl)c(F)c(Cl)c3)(C(F)(F)F)C2)c2c1CCC2. The maximum atomic E-state index is 14.3. The number of amides is 2. The molecule has 1 aliphatic carbocycles. The number of nitrogens with zero attached hydrogens (tertiary/aromatic N) is 2. The molecule has 2 heterocycles. The van der Waals surface area contributed by atoms with Crippen molar-refractivity contribution in [2.75, 3.05) is 13.1 Å². The van der Waals surface area contributed by atoms with Crippen molar-refractivity contribution in [2.45, 2.75) is 37.5 Å². The van der Waals surface area contributed by atoms with E-state index in [9.17, 15) is 27.2 Å². The molecule has 1 aliphatic heterocycles. The molecule has 0 fully saturated rings. The molecule has 0 saturated heterocycles. The standard InChI is InChI=1S/C22H16Cl2F4N4O4S/c23-13-6-10(7-14(24)17(13)25)21(22(26,27)28)8-15(32-36-21)18-11-2-1-3-12(11)19(37-18)35-20(34)31-9-16(33)30-5-4-29/h6-7H,1-3,5,8-9H2,(H,30,33)(H,31,34). The van der Waals surface area contributed by atoms with E-state index in [2.05, 4.69) is 15.8 Å². The smallest absolute Gasteiger partial charge is 0.399 e. The lowest BCUT2D eigenvalue weighted by Gasteiger charge is -2.29. The topological polar surface area (TPSA) is 113 Å². The van der Waals surface area contributed by atoms with E-state index in [-0.39, 0.29) is 17.3 Å². The molecule has 2 amide bonds. The Morgan fingerprint density at radius 1 is 1.22 bits per heavy atom. The molecule has 1 atom stereocenters. The summed E-state index contributed by atoms with van der Waals surface area (Å²) < 4.78 is 62.2. The van der Waals surface area contributed by atoms with Crippen LogP contribution in [0.25, 0.3) is 0 Å². The minimum atomic E-state index is -4.96. The van der Waals surface area contributed by atoms with Crippen LogP contribution in [0.2, 0.25) is 10.0 Å². The molecule has 15 heteroatoms. The number of carbonyl (C=O) groups is 2. The summed E-state index contributed by atoms with van der Waals surface area (Å²) in [5.41, 5.74) is -2.13. The third-order valence-corrected chi connectivity index (χ3v) is 7.53. The number of alkyl halides is 3. The van der Waals surface area contributed by atoms with Crippen LogP contribution in [-0.4, -0.2) is 37.0 Å². The van der Waals surface area contributed by atoms with Gasteiger partial charge in [0, 0.05) is 11.1 Å². The van der Waals surface area contributed by atoms with E-state index in [1.165, 1.54) is 0 Å². The van der Waals surface area contributed by atoms with Gasteiger partial charge < -0.3 is 20.2 Å². The van der Waals surface area contributed by atoms with Crippen molar-refractivity contribution in [3.05, 3.63) is 49.6 Å². The Morgan fingerprint density at radius 2 is 1.89 bits per heavy atom. The van der Waals surface area contributed by atoms with Crippen molar-refractivity contribution < 1.29 is 36.7 Å². The number of fused-ring (bicyclic) bond motifs is 1. The summed E-state index contributed by atoms with van der Waals surface area (Å²) in [4.78, 5) is 29.1. The van der Waals surface area contributed by atoms with Crippen molar-refractivity contribution in [2.24, 2.45) is 5.16 Å². The molecule has 0 saturated carbocycles. The minimum absolute atomic E-state index is 0.0248. The van der Waals surface area contributed by atoms with E-state index < -0.39 is 58.2 Å². The van der Waals surface area contributed by atoms with E-state index in [1.54, 1.807) is 6.07 Å². The highest BCUT2D eigenvalue weighted by molar-refractivity contribution is 7.16. The van der Waals surface area contributed by atoms with Gasteiger partial charge in [0.2, 0.25) is 5.91 Å². The summed E-state index contributed by atoms with van der Waals surface area (Å²) in [6.07, 6.45) is -4.92. The number of oxime groups is 1. The fourth-order valence-corrected chi connectivity index (χ4v) is 5.75. The van der Waals surface area contributed by atoms with Crippen LogP contribution in [0.1, 0.15) is 34.4 Å². The zero-order valence-electron chi connectivity index (χ0n) is 18.6. The summed E-state index contributed by atoms with van der Waals surface area (Å²) in [6.45, 7) is -0.657. The molecule has 2 N–H and O–H groups in total. The van der Waals surface area contributed by atoms with Crippen LogP contribution in [0.5, 0.6) is 5.06 Å². The third kappa shape index (κ3) is 5.18. The largest absolute Gasteiger partial charge is 0.435 e. The lowest BCUT2D eigenvalue weighted by Crippen LogP contribution is -2.42. The number of nitrogens with one attached hydrogen (secondary N) is 2. The van der Waals surface area contributed by atoms with Gasteiger partial charge in [-0.2, -0.15) is 18.4 Å². The second kappa shape index (κ2) is 10.4.